The molecule has 2 aromatic carbocycles. The van der Waals surface area contributed by atoms with Crippen LogP contribution in [0.15, 0.2) is 36.4 Å². The van der Waals surface area contributed by atoms with Crippen LogP contribution in [0.3, 0.4) is 0 Å². The lowest BCUT2D eigenvalue weighted by Gasteiger charge is -2.28. The number of benzene rings is 2. The molecule has 0 radical (unpaired) electrons. The van der Waals surface area contributed by atoms with Gasteiger partial charge in [0, 0.05) is 25.7 Å². The van der Waals surface area contributed by atoms with E-state index in [9.17, 15) is 0 Å². The van der Waals surface area contributed by atoms with Crippen LogP contribution >= 0.6 is 0 Å². The lowest BCUT2D eigenvalue weighted by atomic mass is 9.89. The van der Waals surface area contributed by atoms with Crippen LogP contribution in [0.25, 0.3) is 0 Å². The summed E-state index contributed by atoms with van der Waals surface area (Å²) in [7, 11) is 0. The molecule has 0 bridgehead atoms. The minimum absolute atomic E-state index is 0.0609. The first-order valence-electron chi connectivity index (χ1n) is 13.8. The molecular formula is C30H34O7. The Balaban J connectivity index is 1.14. The molecule has 0 N–H and O–H groups in total. The van der Waals surface area contributed by atoms with E-state index in [-0.39, 0.29) is 24.4 Å². The standard InChI is InChI=1S/C30H34O7/c1-3-17(7-19-11-31-19)25(9-21-13-33-21)23(5-1)29(27-15-35-27)37-30(28-16-36-28)24-6-2-4-18(8-20-12-32-20)26(24)10-22-14-34-22/h1-6,19-22,27-30H,7-16H2. The van der Waals surface area contributed by atoms with E-state index in [1.54, 1.807) is 0 Å². The van der Waals surface area contributed by atoms with Gasteiger partial charge < -0.3 is 33.2 Å². The molecular weight excluding hydrogens is 472 g/mol. The van der Waals surface area contributed by atoms with Gasteiger partial charge in [-0.1, -0.05) is 36.4 Å². The highest BCUT2D eigenvalue weighted by atomic mass is 16.6. The summed E-state index contributed by atoms with van der Waals surface area (Å²) in [5, 5.41) is 0. The topological polar surface area (TPSA) is 84.4 Å². The van der Waals surface area contributed by atoms with Gasteiger partial charge in [0.25, 0.3) is 0 Å². The monoisotopic (exact) mass is 506 g/mol. The van der Waals surface area contributed by atoms with Crippen molar-refractivity contribution in [1.82, 2.24) is 0 Å². The molecule has 8 rings (SSSR count). The Morgan fingerprint density at radius 1 is 0.541 bits per heavy atom. The van der Waals surface area contributed by atoms with Crippen molar-refractivity contribution in [2.24, 2.45) is 0 Å². The van der Waals surface area contributed by atoms with Gasteiger partial charge in [-0.05, 0) is 33.4 Å². The molecule has 0 aromatic heterocycles. The van der Waals surface area contributed by atoms with Gasteiger partial charge in [-0.3, -0.25) is 0 Å². The number of rotatable bonds is 14. The average Bonchev–Trinajstić information content (AvgIpc) is 3.70. The zero-order valence-electron chi connectivity index (χ0n) is 21.0. The number of epoxide rings is 6. The Morgan fingerprint density at radius 3 is 1.27 bits per heavy atom. The third kappa shape index (κ3) is 5.50. The zero-order valence-corrected chi connectivity index (χ0v) is 21.0. The SMILES string of the molecule is c1cc(CC2CO2)c(CC2CO2)c(C(OC(c2cccc(CC3CO3)c2CC2CO2)C2CO2)C2CO2)c1. The normalized spacial score (nSPS) is 34.1. The molecule has 2 aromatic rings. The molecule has 6 fully saturated rings. The molecule has 0 saturated carbocycles. The second-order valence-electron chi connectivity index (χ2n) is 11.3. The molecule has 7 heteroatoms. The van der Waals surface area contributed by atoms with E-state index >= 15 is 0 Å². The lowest BCUT2D eigenvalue weighted by molar-refractivity contribution is -0.0427. The van der Waals surface area contributed by atoms with Crippen LogP contribution in [-0.2, 0) is 58.8 Å². The molecule has 7 nitrogen and oxygen atoms in total. The fourth-order valence-electron chi connectivity index (χ4n) is 5.75. The molecule has 6 aliphatic heterocycles. The van der Waals surface area contributed by atoms with Crippen LogP contribution in [0.1, 0.15) is 45.6 Å². The molecule has 6 saturated heterocycles. The quantitative estimate of drug-likeness (QED) is 0.364. The Bertz CT molecular complexity index is 1050. The van der Waals surface area contributed by atoms with Gasteiger partial charge in [0.2, 0.25) is 0 Å². The summed E-state index contributed by atoms with van der Waals surface area (Å²) < 4.78 is 41.4. The molecule has 0 aliphatic carbocycles. The van der Waals surface area contributed by atoms with Gasteiger partial charge >= 0.3 is 0 Å². The zero-order chi connectivity index (χ0) is 24.3. The number of hydrogen-bond acceptors (Lipinski definition) is 7. The van der Waals surface area contributed by atoms with E-state index in [0.29, 0.717) is 24.4 Å². The highest BCUT2D eigenvalue weighted by Gasteiger charge is 2.44. The maximum Gasteiger partial charge on any atom is 0.112 e. The largest absolute Gasteiger partial charge is 0.373 e. The minimum Gasteiger partial charge on any atom is -0.373 e. The van der Waals surface area contributed by atoms with E-state index in [2.05, 4.69) is 36.4 Å². The maximum atomic E-state index is 7.11. The fourth-order valence-corrected chi connectivity index (χ4v) is 5.75. The second kappa shape index (κ2) is 9.42. The average molecular weight is 507 g/mol. The van der Waals surface area contributed by atoms with Gasteiger partial charge in [-0.15, -0.1) is 0 Å². The van der Waals surface area contributed by atoms with E-state index in [4.69, 9.17) is 33.2 Å². The van der Waals surface area contributed by atoms with E-state index in [1.807, 2.05) is 0 Å². The Labute approximate surface area is 217 Å². The first kappa shape index (κ1) is 23.1. The van der Waals surface area contributed by atoms with Crippen molar-refractivity contribution in [3.05, 3.63) is 69.8 Å². The summed E-state index contributed by atoms with van der Waals surface area (Å²) in [6, 6.07) is 13.3. The van der Waals surface area contributed by atoms with Crippen molar-refractivity contribution < 1.29 is 33.2 Å². The molecule has 6 heterocycles. The predicted octanol–water partition coefficient (Wildman–Crippen LogP) is 3.05. The van der Waals surface area contributed by atoms with Crippen LogP contribution in [0.5, 0.6) is 0 Å². The summed E-state index contributed by atoms with van der Waals surface area (Å²) >= 11 is 0. The van der Waals surface area contributed by atoms with Crippen molar-refractivity contribution in [1.29, 1.82) is 0 Å². The third-order valence-corrected chi connectivity index (χ3v) is 8.29. The number of hydrogen-bond donors (Lipinski definition) is 0. The molecule has 0 spiro atoms. The number of ether oxygens (including phenoxy) is 7. The van der Waals surface area contributed by atoms with Gasteiger partial charge in [0.05, 0.1) is 64.1 Å². The first-order valence-corrected chi connectivity index (χ1v) is 13.8. The van der Waals surface area contributed by atoms with Gasteiger partial charge in [-0.2, -0.15) is 0 Å². The Kier molecular flexibility index (Phi) is 5.87. The Hall–Kier alpha value is -1.84. The van der Waals surface area contributed by atoms with Gasteiger partial charge in [-0.25, -0.2) is 0 Å². The minimum atomic E-state index is -0.150. The third-order valence-electron chi connectivity index (χ3n) is 8.29. The van der Waals surface area contributed by atoms with Crippen LogP contribution in [0.4, 0.5) is 0 Å². The first-order chi connectivity index (χ1) is 18.3. The summed E-state index contributed by atoms with van der Waals surface area (Å²) in [4.78, 5) is 0. The smallest absolute Gasteiger partial charge is 0.112 e. The second-order valence-corrected chi connectivity index (χ2v) is 11.3. The molecule has 6 aliphatic rings. The van der Waals surface area contributed by atoms with Gasteiger partial charge in [0.15, 0.2) is 0 Å². The Morgan fingerprint density at radius 2 is 0.919 bits per heavy atom. The highest BCUT2D eigenvalue weighted by Crippen LogP contribution is 2.44. The van der Waals surface area contributed by atoms with Crippen molar-refractivity contribution in [3.63, 3.8) is 0 Å². The molecule has 8 atom stereocenters. The van der Waals surface area contributed by atoms with E-state index in [0.717, 1.165) is 65.3 Å². The van der Waals surface area contributed by atoms with Crippen molar-refractivity contribution in [3.8, 4) is 0 Å². The van der Waals surface area contributed by atoms with E-state index in [1.165, 1.54) is 33.4 Å². The summed E-state index contributed by atoms with van der Waals surface area (Å²) in [6.07, 6.45) is 4.81. The van der Waals surface area contributed by atoms with Crippen LogP contribution in [0, 0.1) is 0 Å². The van der Waals surface area contributed by atoms with Crippen LogP contribution in [-0.4, -0.2) is 76.3 Å². The maximum absolute atomic E-state index is 7.11. The molecule has 196 valence electrons. The fraction of sp³-hybridized carbons (Fsp3) is 0.600. The summed E-state index contributed by atoms with van der Waals surface area (Å²) in [6.45, 7) is 4.82. The van der Waals surface area contributed by atoms with Crippen molar-refractivity contribution in [2.45, 2.75) is 74.5 Å². The van der Waals surface area contributed by atoms with E-state index < -0.39 is 0 Å². The summed E-state index contributed by atoms with van der Waals surface area (Å²) in [5.41, 5.74) is 7.86. The van der Waals surface area contributed by atoms with Crippen LogP contribution < -0.4 is 0 Å². The van der Waals surface area contributed by atoms with Crippen molar-refractivity contribution >= 4 is 0 Å². The van der Waals surface area contributed by atoms with Crippen molar-refractivity contribution in [2.75, 3.05) is 39.6 Å². The molecule has 0 amide bonds. The highest BCUT2D eigenvalue weighted by molar-refractivity contribution is 5.42. The molecule has 37 heavy (non-hydrogen) atoms. The van der Waals surface area contributed by atoms with Crippen LogP contribution in [0.2, 0.25) is 0 Å². The summed E-state index contributed by atoms with van der Waals surface area (Å²) in [5.74, 6) is 0. The predicted molar refractivity (Wildman–Crippen MR) is 133 cm³/mol. The lowest BCUT2D eigenvalue weighted by Crippen LogP contribution is -2.23. The molecule has 8 unspecified atom stereocenters. The van der Waals surface area contributed by atoms with Gasteiger partial charge in [0.1, 0.15) is 24.4 Å².